The summed E-state index contributed by atoms with van der Waals surface area (Å²) in [6.07, 6.45) is 0.761. The van der Waals surface area contributed by atoms with Gasteiger partial charge in [0.05, 0.1) is 5.56 Å². The van der Waals surface area contributed by atoms with Crippen LogP contribution < -0.4 is 11.1 Å². The largest absolute Gasteiger partial charge is 0.508 e. The lowest BCUT2D eigenvalue weighted by Gasteiger charge is -2.09. The topological polar surface area (TPSA) is 75.3 Å². The van der Waals surface area contributed by atoms with E-state index in [9.17, 15) is 9.90 Å². The van der Waals surface area contributed by atoms with E-state index in [4.69, 9.17) is 5.73 Å². The molecule has 2 aromatic rings. The summed E-state index contributed by atoms with van der Waals surface area (Å²) in [5.41, 5.74) is 8.80. The quantitative estimate of drug-likeness (QED) is 0.589. The molecular weight excluding hydrogens is 252 g/mol. The van der Waals surface area contributed by atoms with Crippen molar-refractivity contribution >= 4 is 11.6 Å². The van der Waals surface area contributed by atoms with Gasteiger partial charge in [0, 0.05) is 12.2 Å². The molecule has 2 rings (SSSR count). The summed E-state index contributed by atoms with van der Waals surface area (Å²) in [6, 6.07) is 12.4. The van der Waals surface area contributed by atoms with Crippen molar-refractivity contribution in [2.45, 2.75) is 13.3 Å². The number of hydrogen-bond donors (Lipinski definition) is 3. The monoisotopic (exact) mass is 270 g/mol. The zero-order valence-corrected chi connectivity index (χ0v) is 11.4. The fourth-order valence-electron chi connectivity index (χ4n) is 2.04. The van der Waals surface area contributed by atoms with Crippen LogP contribution >= 0.6 is 0 Å². The van der Waals surface area contributed by atoms with Gasteiger partial charge in [-0.15, -0.1) is 0 Å². The Kier molecular flexibility index (Phi) is 4.25. The number of aryl methyl sites for hydroxylation is 1. The van der Waals surface area contributed by atoms with E-state index in [1.165, 1.54) is 29.3 Å². The van der Waals surface area contributed by atoms with Crippen LogP contribution in [0.15, 0.2) is 42.5 Å². The van der Waals surface area contributed by atoms with Crippen molar-refractivity contribution in [3.8, 4) is 5.75 Å². The van der Waals surface area contributed by atoms with Crippen LogP contribution in [0.5, 0.6) is 5.75 Å². The van der Waals surface area contributed by atoms with E-state index in [-0.39, 0.29) is 11.7 Å². The zero-order chi connectivity index (χ0) is 14.5. The second kappa shape index (κ2) is 6.10. The Labute approximate surface area is 118 Å². The molecule has 4 nitrogen and oxygen atoms in total. The molecule has 1 amide bonds. The van der Waals surface area contributed by atoms with E-state index in [1.54, 1.807) is 0 Å². The van der Waals surface area contributed by atoms with Crippen LogP contribution in [0.3, 0.4) is 0 Å². The fourth-order valence-corrected chi connectivity index (χ4v) is 2.04. The summed E-state index contributed by atoms with van der Waals surface area (Å²) < 4.78 is 0. The van der Waals surface area contributed by atoms with Gasteiger partial charge in [-0.1, -0.05) is 24.3 Å². The maximum absolute atomic E-state index is 12.0. The minimum absolute atomic E-state index is 0.0308. The molecule has 0 aliphatic carbocycles. The standard InChI is InChI=1S/C16H18N2O2/c1-11-4-2-3-5-12(11)8-9-18-16(20)14-10-13(19)6-7-15(14)17/h2-7,10,19H,8-9,17H2,1H3,(H,18,20). The summed E-state index contributed by atoms with van der Waals surface area (Å²) >= 11 is 0. The number of aromatic hydroxyl groups is 1. The molecule has 2 aromatic carbocycles. The van der Waals surface area contributed by atoms with Crippen molar-refractivity contribution in [3.63, 3.8) is 0 Å². The van der Waals surface area contributed by atoms with Gasteiger partial charge in [-0.25, -0.2) is 0 Å². The Morgan fingerprint density at radius 1 is 1.25 bits per heavy atom. The summed E-state index contributed by atoms with van der Waals surface area (Å²) in [5.74, 6) is -0.241. The third-order valence-electron chi connectivity index (χ3n) is 3.22. The highest BCUT2D eigenvalue weighted by atomic mass is 16.3. The van der Waals surface area contributed by atoms with Gasteiger partial charge in [0.2, 0.25) is 0 Å². The molecule has 104 valence electrons. The molecule has 0 atom stereocenters. The summed E-state index contributed by atoms with van der Waals surface area (Å²) in [7, 11) is 0. The van der Waals surface area contributed by atoms with Crippen molar-refractivity contribution in [3.05, 3.63) is 59.2 Å². The van der Waals surface area contributed by atoms with Crippen molar-refractivity contribution < 1.29 is 9.90 Å². The average Bonchev–Trinajstić information content (AvgIpc) is 2.43. The molecule has 0 saturated heterocycles. The first-order valence-electron chi connectivity index (χ1n) is 6.49. The molecule has 0 radical (unpaired) electrons. The summed E-state index contributed by atoms with van der Waals surface area (Å²) in [6.45, 7) is 2.57. The number of phenols is 1. The molecule has 0 bridgehead atoms. The third kappa shape index (κ3) is 3.29. The molecule has 4 heteroatoms. The maximum atomic E-state index is 12.0. The van der Waals surface area contributed by atoms with Crippen LogP contribution in [0.1, 0.15) is 21.5 Å². The van der Waals surface area contributed by atoms with E-state index in [0.29, 0.717) is 17.8 Å². The number of amides is 1. The van der Waals surface area contributed by atoms with Crippen molar-refractivity contribution in [1.29, 1.82) is 0 Å². The smallest absolute Gasteiger partial charge is 0.253 e. The van der Waals surface area contributed by atoms with Crippen LogP contribution in [0.4, 0.5) is 5.69 Å². The second-order valence-corrected chi connectivity index (χ2v) is 4.70. The van der Waals surface area contributed by atoms with E-state index in [2.05, 4.69) is 5.32 Å². The zero-order valence-electron chi connectivity index (χ0n) is 11.4. The van der Waals surface area contributed by atoms with E-state index < -0.39 is 0 Å². The lowest BCUT2D eigenvalue weighted by molar-refractivity contribution is 0.0954. The van der Waals surface area contributed by atoms with Gasteiger partial charge in [-0.2, -0.15) is 0 Å². The SMILES string of the molecule is Cc1ccccc1CCNC(=O)c1cc(O)ccc1N. The molecular formula is C16H18N2O2. The third-order valence-corrected chi connectivity index (χ3v) is 3.22. The van der Waals surface area contributed by atoms with Gasteiger partial charge < -0.3 is 16.2 Å². The van der Waals surface area contributed by atoms with Gasteiger partial charge in [0.25, 0.3) is 5.91 Å². The maximum Gasteiger partial charge on any atom is 0.253 e. The van der Waals surface area contributed by atoms with Crippen molar-refractivity contribution in [1.82, 2.24) is 5.32 Å². The minimum atomic E-state index is -0.271. The first-order valence-corrected chi connectivity index (χ1v) is 6.49. The lowest BCUT2D eigenvalue weighted by atomic mass is 10.1. The van der Waals surface area contributed by atoms with E-state index in [0.717, 1.165) is 6.42 Å². The Bertz CT molecular complexity index is 624. The number of nitrogens with two attached hydrogens (primary N) is 1. The van der Waals surface area contributed by atoms with Crippen LogP contribution in [-0.4, -0.2) is 17.6 Å². The lowest BCUT2D eigenvalue weighted by Crippen LogP contribution is -2.26. The van der Waals surface area contributed by atoms with Crippen LogP contribution in [-0.2, 0) is 6.42 Å². The van der Waals surface area contributed by atoms with Gasteiger partial charge in [-0.3, -0.25) is 4.79 Å². The normalized spacial score (nSPS) is 10.2. The minimum Gasteiger partial charge on any atom is -0.508 e. The molecule has 0 aliphatic heterocycles. The predicted octanol–water partition coefficient (Wildman–Crippen LogP) is 2.26. The molecule has 0 aromatic heterocycles. The molecule has 0 fully saturated rings. The number of carbonyl (C=O) groups excluding carboxylic acids is 1. The summed E-state index contributed by atoms with van der Waals surface area (Å²) in [5, 5.41) is 12.2. The molecule has 0 heterocycles. The van der Waals surface area contributed by atoms with E-state index >= 15 is 0 Å². The molecule has 4 N–H and O–H groups in total. The van der Waals surface area contributed by atoms with Crippen LogP contribution in [0.25, 0.3) is 0 Å². The van der Waals surface area contributed by atoms with Gasteiger partial charge in [-0.05, 0) is 42.7 Å². The molecule has 0 unspecified atom stereocenters. The first-order chi connectivity index (χ1) is 9.58. The molecule has 0 aliphatic rings. The highest BCUT2D eigenvalue weighted by Crippen LogP contribution is 2.18. The highest BCUT2D eigenvalue weighted by molar-refractivity contribution is 5.99. The molecule has 0 saturated carbocycles. The van der Waals surface area contributed by atoms with E-state index in [1.807, 2.05) is 31.2 Å². The van der Waals surface area contributed by atoms with Gasteiger partial charge in [0.15, 0.2) is 0 Å². The van der Waals surface area contributed by atoms with Crippen LogP contribution in [0, 0.1) is 6.92 Å². The number of phenolic OH excluding ortho intramolecular Hbond substituents is 1. The van der Waals surface area contributed by atoms with Crippen molar-refractivity contribution in [2.24, 2.45) is 0 Å². The fraction of sp³-hybridized carbons (Fsp3) is 0.188. The number of anilines is 1. The Morgan fingerprint density at radius 3 is 2.75 bits per heavy atom. The van der Waals surface area contributed by atoms with Crippen molar-refractivity contribution in [2.75, 3.05) is 12.3 Å². The Balaban J connectivity index is 1.96. The molecule has 0 spiro atoms. The first kappa shape index (κ1) is 13.9. The number of hydrogen-bond acceptors (Lipinski definition) is 3. The average molecular weight is 270 g/mol. The molecule has 20 heavy (non-hydrogen) atoms. The number of nitrogens with one attached hydrogen (secondary N) is 1. The highest BCUT2D eigenvalue weighted by Gasteiger charge is 2.10. The number of nitrogen functional groups attached to an aromatic ring is 1. The Morgan fingerprint density at radius 2 is 2.00 bits per heavy atom. The number of rotatable bonds is 4. The van der Waals surface area contributed by atoms with Gasteiger partial charge in [0.1, 0.15) is 5.75 Å². The Hall–Kier alpha value is -2.49. The summed E-state index contributed by atoms with van der Waals surface area (Å²) in [4.78, 5) is 12.0. The van der Waals surface area contributed by atoms with Gasteiger partial charge >= 0.3 is 0 Å². The number of benzene rings is 2. The predicted molar refractivity (Wildman–Crippen MR) is 79.7 cm³/mol. The second-order valence-electron chi connectivity index (χ2n) is 4.70. The number of carbonyl (C=O) groups is 1. The van der Waals surface area contributed by atoms with Crippen LogP contribution in [0.2, 0.25) is 0 Å².